The predicted octanol–water partition coefficient (Wildman–Crippen LogP) is 8.17. The molecule has 46 heavy (non-hydrogen) atoms. The van der Waals surface area contributed by atoms with Gasteiger partial charge in [0.1, 0.15) is 11.6 Å². The topological polar surface area (TPSA) is 88.1 Å². The van der Waals surface area contributed by atoms with E-state index in [0.717, 1.165) is 64.8 Å². The third kappa shape index (κ3) is 7.05. The fourth-order valence-corrected chi connectivity index (χ4v) is 6.45. The molecule has 2 amide bonds. The average Bonchev–Trinajstić information content (AvgIpc) is 3.47. The number of urea groups is 1. The van der Waals surface area contributed by atoms with Crippen LogP contribution in [0.4, 0.5) is 16.3 Å². The van der Waals surface area contributed by atoms with Crippen molar-refractivity contribution >= 4 is 34.1 Å². The fraction of sp³-hybridized carbons (Fsp3) is 0.308. The highest BCUT2D eigenvalue weighted by molar-refractivity contribution is 6.00. The van der Waals surface area contributed by atoms with Crippen LogP contribution in [0.3, 0.4) is 0 Å². The van der Waals surface area contributed by atoms with Gasteiger partial charge >= 0.3 is 6.03 Å². The lowest BCUT2D eigenvalue weighted by atomic mass is 9.76. The largest absolute Gasteiger partial charge is 0.324 e. The minimum atomic E-state index is -0.369. The number of aromatic nitrogens is 2. The summed E-state index contributed by atoms with van der Waals surface area (Å²) in [6.45, 7) is 10.1. The molecule has 7 nitrogen and oxygen atoms in total. The third-order valence-electron chi connectivity index (χ3n) is 8.95. The Morgan fingerprint density at radius 1 is 0.891 bits per heavy atom. The van der Waals surface area contributed by atoms with Gasteiger partial charge in [0, 0.05) is 29.5 Å². The highest BCUT2D eigenvalue weighted by Crippen LogP contribution is 2.35. The number of benzene rings is 4. The van der Waals surface area contributed by atoms with Gasteiger partial charge in [-0.05, 0) is 84.9 Å². The Hall–Kier alpha value is -4.75. The van der Waals surface area contributed by atoms with Gasteiger partial charge in [-0.1, -0.05) is 93.1 Å². The molecule has 6 rings (SSSR count). The number of carbonyl (C=O) groups is 2. The number of rotatable bonds is 8. The van der Waals surface area contributed by atoms with E-state index in [1.807, 2.05) is 79.7 Å². The van der Waals surface area contributed by atoms with Crippen molar-refractivity contribution in [1.29, 1.82) is 0 Å². The van der Waals surface area contributed by atoms with Crippen molar-refractivity contribution in [2.24, 2.45) is 5.92 Å². The second kappa shape index (κ2) is 13.3. The molecular weight excluding hydrogens is 570 g/mol. The minimum Gasteiger partial charge on any atom is -0.317 e. The number of aryl methyl sites for hydroxylation is 1. The number of fused-ring (bicyclic) bond motifs is 1. The predicted molar refractivity (Wildman–Crippen MR) is 187 cm³/mol. The van der Waals surface area contributed by atoms with Crippen LogP contribution in [-0.4, -0.2) is 34.7 Å². The smallest absolute Gasteiger partial charge is 0.317 e. The van der Waals surface area contributed by atoms with Crippen LogP contribution >= 0.6 is 0 Å². The molecule has 1 atom stereocenters. The molecule has 0 spiro atoms. The lowest BCUT2D eigenvalue weighted by Crippen LogP contribution is -2.34. The summed E-state index contributed by atoms with van der Waals surface area (Å²) >= 11 is 0. The Labute approximate surface area is 271 Å². The van der Waals surface area contributed by atoms with Crippen LogP contribution in [0.15, 0.2) is 97.1 Å². The van der Waals surface area contributed by atoms with Crippen molar-refractivity contribution in [1.82, 2.24) is 15.1 Å². The van der Waals surface area contributed by atoms with Crippen molar-refractivity contribution in [3.63, 3.8) is 0 Å². The molecule has 3 N–H and O–H groups in total. The summed E-state index contributed by atoms with van der Waals surface area (Å²) in [5.41, 5.74) is 5.33. The monoisotopic (exact) mass is 613 g/mol. The first kappa shape index (κ1) is 31.2. The van der Waals surface area contributed by atoms with Crippen LogP contribution in [0.5, 0.6) is 0 Å². The average molecular weight is 614 g/mol. The SMILES string of the molecule is Cc1ccc(-n2nc(C(C)(C)C)cc2NC(=O)Nc2cccc(C(C(=O)Cc3cccc4ccccc34)C3CCNCC3)c2)cc1. The van der Waals surface area contributed by atoms with Gasteiger partial charge < -0.3 is 10.6 Å². The van der Waals surface area contributed by atoms with E-state index in [1.165, 1.54) is 0 Å². The highest BCUT2D eigenvalue weighted by Gasteiger charge is 2.31. The van der Waals surface area contributed by atoms with E-state index in [1.54, 1.807) is 4.68 Å². The van der Waals surface area contributed by atoms with Crippen molar-refractivity contribution in [2.45, 2.75) is 58.3 Å². The maximum atomic E-state index is 14.2. The first-order valence-electron chi connectivity index (χ1n) is 16.2. The van der Waals surface area contributed by atoms with Gasteiger partial charge in [0.05, 0.1) is 11.4 Å². The molecule has 0 aliphatic carbocycles. The van der Waals surface area contributed by atoms with E-state index in [9.17, 15) is 9.59 Å². The zero-order chi connectivity index (χ0) is 32.3. The summed E-state index contributed by atoms with van der Waals surface area (Å²) in [4.78, 5) is 27.6. The molecule has 7 heteroatoms. The first-order chi connectivity index (χ1) is 22.2. The van der Waals surface area contributed by atoms with Crippen molar-refractivity contribution in [3.05, 3.63) is 119 Å². The number of nitrogens with zero attached hydrogens (tertiary/aromatic N) is 2. The van der Waals surface area contributed by atoms with E-state index >= 15 is 0 Å². The normalized spacial score (nSPS) is 14.6. The van der Waals surface area contributed by atoms with Gasteiger partial charge in [0.15, 0.2) is 0 Å². The molecule has 4 aromatic carbocycles. The Balaban J connectivity index is 1.25. The molecule has 1 aliphatic heterocycles. The van der Waals surface area contributed by atoms with Crippen LogP contribution in [0.2, 0.25) is 0 Å². The summed E-state index contributed by atoms with van der Waals surface area (Å²) in [5, 5.41) is 16.6. The van der Waals surface area contributed by atoms with Gasteiger partial charge in [0.25, 0.3) is 0 Å². The van der Waals surface area contributed by atoms with Crippen molar-refractivity contribution < 1.29 is 9.59 Å². The van der Waals surface area contributed by atoms with E-state index in [-0.39, 0.29) is 29.1 Å². The molecule has 0 bridgehead atoms. The molecule has 1 saturated heterocycles. The quantitative estimate of drug-likeness (QED) is 0.165. The number of hydrogen-bond acceptors (Lipinski definition) is 4. The molecular formula is C39H43N5O2. The number of ketones is 1. The van der Waals surface area contributed by atoms with Gasteiger partial charge in [-0.15, -0.1) is 0 Å². The number of Topliss-reactive ketones (excluding diaryl/α,β-unsaturated/α-hetero) is 1. The summed E-state index contributed by atoms with van der Waals surface area (Å²) in [6, 6.07) is 31.8. The fourth-order valence-electron chi connectivity index (χ4n) is 6.45. The zero-order valence-corrected chi connectivity index (χ0v) is 27.1. The minimum absolute atomic E-state index is 0.195. The molecule has 0 radical (unpaired) electrons. The summed E-state index contributed by atoms with van der Waals surface area (Å²) in [5.74, 6) is 0.762. The summed E-state index contributed by atoms with van der Waals surface area (Å²) in [7, 11) is 0. The maximum Gasteiger partial charge on any atom is 0.324 e. The Morgan fingerprint density at radius 2 is 1.61 bits per heavy atom. The molecule has 1 fully saturated rings. The third-order valence-corrected chi connectivity index (χ3v) is 8.95. The Kier molecular flexibility index (Phi) is 9.04. The lowest BCUT2D eigenvalue weighted by Gasteiger charge is -2.30. The van der Waals surface area contributed by atoms with Crippen LogP contribution in [0, 0.1) is 12.8 Å². The second-order valence-corrected chi connectivity index (χ2v) is 13.5. The molecule has 1 aliphatic rings. The molecule has 5 aromatic rings. The summed E-state index contributed by atoms with van der Waals surface area (Å²) in [6.07, 6.45) is 2.24. The maximum absolute atomic E-state index is 14.2. The van der Waals surface area contributed by atoms with Gasteiger partial charge in [-0.2, -0.15) is 5.10 Å². The molecule has 1 aromatic heterocycles. The van der Waals surface area contributed by atoms with Gasteiger partial charge in [-0.3, -0.25) is 10.1 Å². The van der Waals surface area contributed by atoms with Crippen molar-refractivity contribution in [3.8, 4) is 5.69 Å². The lowest BCUT2D eigenvalue weighted by molar-refractivity contribution is -0.121. The first-order valence-corrected chi connectivity index (χ1v) is 16.2. The molecule has 0 saturated carbocycles. The standard InChI is InChI=1S/C39H43N5O2/c1-26-15-17-32(18-16-26)44-36(25-35(43-44)39(2,3)4)42-38(46)41-31-13-8-12-30(23-31)37(28-19-21-40-22-20-28)34(45)24-29-11-7-10-27-9-5-6-14-33(27)29/h5-18,23,25,28,37,40H,19-22,24H2,1-4H3,(H2,41,42,46). The van der Waals surface area contributed by atoms with Gasteiger partial charge in [-0.25, -0.2) is 9.48 Å². The van der Waals surface area contributed by atoms with Crippen molar-refractivity contribution in [2.75, 3.05) is 23.7 Å². The van der Waals surface area contributed by atoms with E-state index < -0.39 is 0 Å². The zero-order valence-electron chi connectivity index (χ0n) is 27.1. The number of amides is 2. The number of hydrogen-bond donors (Lipinski definition) is 3. The number of piperidine rings is 1. The van der Waals surface area contributed by atoms with Crippen LogP contribution in [0.1, 0.15) is 61.9 Å². The van der Waals surface area contributed by atoms with E-state index in [2.05, 4.69) is 61.0 Å². The number of carbonyl (C=O) groups excluding carboxylic acids is 2. The van der Waals surface area contributed by atoms with Crippen LogP contribution < -0.4 is 16.0 Å². The Morgan fingerprint density at radius 3 is 2.37 bits per heavy atom. The van der Waals surface area contributed by atoms with E-state index in [4.69, 9.17) is 5.10 Å². The van der Waals surface area contributed by atoms with Gasteiger partial charge in [0.2, 0.25) is 0 Å². The Bertz CT molecular complexity index is 1840. The second-order valence-electron chi connectivity index (χ2n) is 13.5. The summed E-state index contributed by atoms with van der Waals surface area (Å²) < 4.78 is 1.77. The van der Waals surface area contributed by atoms with E-state index in [0.29, 0.717) is 17.9 Å². The number of anilines is 2. The highest BCUT2D eigenvalue weighted by atomic mass is 16.2. The molecule has 236 valence electrons. The van der Waals surface area contributed by atoms with Crippen LogP contribution in [0.25, 0.3) is 16.5 Å². The molecule has 2 heterocycles. The van der Waals surface area contributed by atoms with Crippen LogP contribution in [-0.2, 0) is 16.6 Å². The number of nitrogens with one attached hydrogen (secondary N) is 3. The molecule has 1 unspecified atom stereocenters.